The van der Waals surface area contributed by atoms with Crippen molar-refractivity contribution < 1.29 is 9.53 Å². The van der Waals surface area contributed by atoms with E-state index in [2.05, 4.69) is 37.3 Å². The number of nitrogens with one attached hydrogen (secondary N) is 1. The van der Waals surface area contributed by atoms with Crippen LogP contribution in [0, 0.1) is 6.92 Å². The van der Waals surface area contributed by atoms with Crippen LogP contribution in [0.4, 0.5) is 0 Å². The Kier molecular flexibility index (Phi) is 6.49. The fraction of sp³-hybridized carbons (Fsp3) is 0.429. The molecule has 1 atom stereocenters. The van der Waals surface area contributed by atoms with Gasteiger partial charge in [-0.3, -0.25) is 9.48 Å². The maximum atomic E-state index is 12.6. The van der Waals surface area contributed by atoms with Crippen molar-refractivity contribution in [3.05, 3.63) is 59.2 Å². The number of hydrogen-bond donors (Lipinski definition) is 1. The molecule has 0 saturated carbocycles. The molecule has 1 aromatic carbocycles. The van der Waals surface area contributed by atoms with Gasteiger partial charge in [0.2, 0.25) is 0 Å². The third-order valence-electron chi connectivity index (χ3n) is 5.04. The largest absolute Gasteiger partial charge is 0.377 e. The molecule has 1 saturated heterocycles. The highest BCUT2D eigenvalue weighted by Gasteiger charge is 2.20. The number of carbonyl (C=O) groups is 1. The summed E-state index contributed by atoms with van der Waals surface area (Å²) < 4.78 is 9.40. The molecule has 1 aliphatic heterocycles. The van der Waals surface area contributed by atoms with Gasteiger partial charge in [-0.1, -0.05) is 42.1 Å². The number of amides is 1. The number of aromatic nitrogens is 5. The summed E-state index contributed by atoms with van der Waals surface area (Å²) in [5.74, 6) is 1.40. The average Bonchev–Trinajstić information content (AvgIpc) is 3.46. The molecule has 3 heterocycles. The zero-order chi connectivity index (χ0) is 20.9. The van der Waals surface area contributed by atoms with Crippen molar-refractivity contribution in [2.45, 2.75) is 44.1 Å². The third-order valence-corrected chi connectivity index (χ3v) is 6.14. The van der Waals surface area contributed by atoms with Crippen molar-refractivity contribution >= 4 is 17.7 Å². The highest BCUT2D eigenvalue weighted by Crippen LogP contribution is 2.24. The predicted molar refractivity (Wildman–Crippen MR) is 114 cm³/mol. The molecule has 0 radical (unpaired) electrons. The van der Waals surface area contributed by atoms with E-state index in [0.29, 0.717) is 18.8 Å². The molecule has 9 heteroatoms. The first-order chi connectivity index (χ1) is 14.6. The Bertz CT molecular complexity index is 994. The highest BCUT2D eigenvalue weighted by molar-refractivity contribution is 7.99. The van der Waals surface area contributed by atoms with Crippen LogP contribution in [0.25, 0.3) is 0 Å². The smallest absolute Gasteiger partial charge is 0.269 e. The second-order valence-electron chi connectivity index (χ2n) is 7.39. The minimum Gasteiger partial charge on any atom is -0.377 e. The molecule has 0 bridgehead atoms. The SMILES string of the molecule is Cc1cc(C(=O)NCc2nnc(SC[C@@H]3CCCO3)n2Cc2ccccc2)n(C)n1. The first-order valence-corrected chi connectivity index (χ1v) is 11.1. The predicted octanol–water partition coefficient (Wildman–Crippen LogP) is 2.57. The summed E-state index contributed by atoms with van der Waals surface area (Å²) in [6, 6.07) is 12.0. The van der Waals surface area contributed by atoms with Crippen LogP contribution >= 0.6 is 11.8 Å². The van der Waals surface area contributed by atoms with Crippen molar-refractivity contribution in [1.29, 1.82) is 0 Å². The molecular weight excluding hydrogens is 400 g/mol. The van der Waals surface area contributed by atoms with Gasteiger partial charge in [0.1, 0.15) is 5.69 Å². The Morgan fingerprint density at radius 2 is 2.13 bits per heavy atom. The topological polar surface area (TPSA) is 86.9 Å². The molecule has 4 rings (SSSR count). The molecule has 0 unspecified atom stereocenters. The second kappa shape index (κ2) is 9.44. The van der Waals surface area contributed by atoms with Gasteiger partial charge in [-0.2, -0.15) is 5.10 Å². The number of rotatable bonds is 8. The molecule has 1 N–H and O–H groups in total. The Labute approximate surface area is 180 Å². The lowest BCUT2D eigenvalue weighted by Gasteiger charge is -2.12. The summed E-state index contributed by atoms with van der Waals surface area (Å²) >= 11 is 1.66. The van der Waals surface area contributed by atoms with Crippen LogP contribution in [-0.2, 0) is 24.9 Å². The van der Waals surface area contributed by atoms with E-state index in [1.807, 2.05) is 25.1 Å². The first-order valence-electron chi connectivity index (χ1n) is 10.1. The normalized spacial score (nSPS) is 16.1. The van der Waals surface area contributed by atoms with Crippen LogP contribution < -0.4 is 5.32 Å². The first kappa shape index (κ1) is 20.6. The molecule has 0 spiro atoms. The lowest BCUT2D eigenvalue weighted by atomic mass is 10.2. The van der Waals surface area contributed by atoms with Gasteiger partial charge in [-0.15, -0.1) is 10.2 Å². The fourth-order valence-electron chi connectivity index (χ4n) is 3.50. The van der Waals surface area contributed by atoms with Crippen LogP contribution in [0.2, 0.25) is 0 Å². The second-order valence-corrected chi connectivity index (χ2v) is 8.38. The van der Waals surface area contributed by atoms with E-state index in [9.17, 15) is 4.79 Å². The Morgan fingerprint density at radius 1 is 1.30 bits per heavy atom. The summed E-state index contributed by atoms with van der Waals surface area (Å²) in [5.41, 5.74) is 2.49. The van der Waals surface area contributed by atoms with Crippen LogP contribution in [0.15, 0.2) is 41.6 Å². The van der Waals surface area contributed by atoms with E-state index < -0.39 is 0 Å². The number of ether oxygens (including phenoxy) is 1. The third kappa shape index (κ3) is 4.91. The monoisotopic (exact) mass is 426 g/mol. The van der Waals surface area contributed by atoms with E-state index >= 15 is 0 Å². The summed E-state index contributed by atoms with van der Waals surface area (Å²) in [7, 11) is 1.76. The van der Waals surface area contributed by atoms with Gasteiger partial charge in [-0.25, -0.2) is 0 Å². The lowest BCUT2D eigenvalue weighted by molar-refractivity contribution is 0.0940. The molecule has 3 aromatic rings. The van der Waals surface area contributed by atoms with Crippen LogP contribution in [0.5, 0.6) is 0 Å². The molecule has 1 aliphatic rings. The molecule has 1 amide bonds. The quantitative estimate of drug-likeness (QED) is 0.557. The molecule has 158 valence electrons. The van der Waals surface area contributed by atoms with Crippen LogP contribution in [0.3, 0.4) is 0 Å². The van der Waals surface area contributed by atoms with E-state index in [4.69, 9.17) is 4.74 Å². The van der Waals surface area contributed by atoms with Crippen LogP contribution in [0.1, 0.15) is 40.4 Å². The summed E-state index contributed by atoms with van der Waals surface area (Å²) in [6.45, 7) is 3.65. The molecule has 2 aromatic heterocycles. The van der Waals surface area contributed by atoms with E-state index in [1.165, 1.54) is 0 Å². The minimum atomic E-state index is -0.180. The van der Waals surface area contributed by atoms with Crippen molar-refractivity contribution in [1.82, 2.24) is 29.9 Å². The van der Waals surface area contributed by atoms with Crippen molar-refractivity contribution in [3.8, 4) is 0 Å². The summed E-state index contributed by atoms with van der Waals surface area (Å²) in [6.07, 6.45) is 2.48. The van der Waals surface area contributed by atoms with Crippen molar-refractivity contribution in [2.24, 2.45) is 7.05 Å². The van der Waals surface area contributed by atoms with Gasteiger partial charge in [-0.05, 0) is 31.4 Å². The highest BCUT2D eigenvalue weighted by atomic mass is 32.2. The standard InChI is InChI=1S/C21H26N6O2S/c1-15-11-18(26(2)25-15)20(28)22-12-19-23-24-21(30-14-17-9-6-10-29-17)27(19)13-16-7-4-3-5-8-16/h3-5,7-8,11,17H,6,9-10,12-14H2,1-2H3,(H,22,28)/t17-/m0/s1. The number of thioether (sulfide) groups is 1. The van der Waals surface area contributed by atoms with Gasteiger partial charge < -0.3 is 14.6 Å². The molecular formula is C21H26N6O2S. The van der Waals surface area contributed by atoms with Gasteiger partial charge in [0.15, 0.2) is 11.0 Å². The van der Waals surface area contributed by atoms with Gasteiger partial charge in [0, 0.05) is 19.4 Å². The Hall–Kier alpha value is -2.65. The van der Waals surface area contributed by atoms with Gasteiger partial charge in [0.05, 0.1) is 24.9 Å². The van der Waals surface area contributed by atoms with E-state index in [0.717, 1.165) is 47.4 Å². The summed E-state index contributed by atoms with van der Waals surface area (Å²) in [5, 5.41) is 16.8. The molecule has 1 fully saturated rings. The fourth-order valence-corrected chi connectivity index (χ4v) is 4.52. The minimum absolute atomic E-state index is 0.180. The number of hydrogen-bond acceptors (Lipinski definition) is 6. The molecule has 0 aliphatic carbocycles. The maximum absolute atomic E-state index is 12.6. The molecule has 8 nitrogen and oxygen atoms in total. The van der Waals surface area contributed by atoms with E-state index in [1.54, 1.807) is 29.6 Å². The maximum Gasteiger partial charge on any atom is 0.269 e. The van der Waals surface area contributed by atoms with E-state index in [-0.39, 0.29) is 12.0 Å². The molecule has 30 heavy (non-hydrogen) atoms. The zero-order valence-electron chi connectivity index (χ0n) is 17.2. The summed E-state index contributed by atoms with van der Waals surface area (Å²) in [4.78, 5) is 12.6. The Morgan fingerprint density at radius 3 is 2.83 bits per heavy atom. The van der Waals surface area contributed by atoms with Crippen molar-refractivity contribution in [2.75, 3.05) is 12.4 Å². The number of carbonyl (C=O) groups excluding carboxylic acids is 1. The van der Waals surface area contributed by atoms with Gasteiger partial charge >= 0.3 is 0 Å². The zero-order valence-corrected chi connectivity index (χ0v) is 18.1. The number of nitrogens with zero attached hydrogens (tertiary/aromatic N) is 5. The Balaban J connectivity index is 1.49. The van der Waals surface area contributed by atoms with Crippen molar-refractivity contribution in [3.63, 3.8) is 0 Å². The van der Waals surface area contributed by atoms with Gasteiger partial charge in [0.25, 0.3) is 5.91 Å². The number of benzene rings is 1. The number of aryl methyl sites for hydroxylation is 2. The average molecular weight is 427 g/mol. The van der Waals surface area contributed by atoms with Crippen LogP contribution in [-0.4, -0.2) is 48.9 Å². The lowest BCUT2D eigenvalue weighted by Crippen LogP contribution is -2.27.